The zero-order valence-corrected chi connectivity index (χ0v) is 23.0. The molecule has 0 saturated carbocycles. The molecule has 3 aromatic carbocycles. The highest BCUT2D eigenvalue weighted by Crippen LogP contribution is 2.37. The highest BCUT2D eigenvalue weighted by molar-refractivity contribution is 9.10. The van der Waals surface area contributed by atoms with Crippen molar-refractivity contribution in [1.29, 1.82) is 0 Å². The number of carbonyl (C=O) groups excluding carboxylic acids is 1. The van der Waals surface area contributed by atoms with Crippen molar-refractivity contribution in [1.82, 2.24) is 4.90 Å². The smallest absolute Gasteiger partial charge is 0.321 e. The van der Waals surface area contributed by atoms with Gasteiger partial charge in [-0.05, 0) is 60.1 Å². The van der Waals surface area contributed by atoms with Crippen LogP contribution in [0, 0.1) is 0 Å². The lowest BCUT2D eigenvalue weighted by Crippen LogP contribution is -2.31. The van der Waals surface area contributed by atoms with Crippen LogP contribution in [0.25, 0.3) is 0 Å². The number of hydrogen-bond donors (Lipinski definition) is 1. The summed E-state index contributed by atoms with van der Waals surface area (Å²) in [6.45, 7) is 5.11. The average molecular weight is 613 g/mol. The van der Waals surface area contributed by atoms with Crippen molar-refractivity contribution in [2.45, 2.75) is 20.4 Å². The van der Waals surface area contributed by atoms with E-state index in [2.05, 4.69) is 37.2 Å². The van der Waals surface area contributed by atoms with E-state index in [0.717, 1.165) is 10.0 Å². The summed E-state index contributed by atoms with van der Waals surface area (Å²) >= 11 is 13.1. The van der Waals surface area contributed by atoms with E-state index in [1.54, 1.807) is 36.2 Å². The van der Waals surface area contributed by atoms with Crippen molar-refractivity contribution in [2.24, 2.45) is 0 Å². The van der Waals surface area contributed by atoms with Gasteiger partial charge in [-0.3, -0.25) is 0 Å². The summed E-state index contributed by atoms with van der Waals surface area (Å²) < 4.78 is 18.9. The molecule has 0 radical (unpaired) electrons. The number of nitrogens with one attached hydrogen (secondary N) is 1. The number of nitrogens with zero attached hydrogens (tertiary/aromatic N) is 1. The Morgan fingerprint density at radius 2 is 1.68 bits per heavy atom. The Bertz CT molecular complexity index is 1160. The summed E-state index contributed by atoms with van der Waals surface area (Å²) in [4.78, 5) is 14.6. The molecule has 180 valence electrons. The molecule has 3 aromatic rings. The van der Waals surface area contributed by atoms with Crippen molar-refractivity contribution >= 4 is 55.2 Å². The first-order chi connectivity index (χ1) is 16.3. The van der Waals surface area contributed by atoms with Gasteiger partial charge in [-0.15, -0.1) is 0 Å². The van der Waals surface area contributed by atoms with Gasteiger partial charge in [0.2, 0.25) is 0 Å². The molecule has 9 heteroatoms. The maximum Gasteiger partial charge on any atom is 0.321 e. The Labute approximate surface area is 221 Å². The van der Waals surface area contributed by atoms with Gasteiger partial charge < -0.3 is 24.4 Å². The summed E-state index contributed by atoms with van der Waals surface area (Å²) in [5.74, 6) is 2.41. The van der Waals surface area contributed by atoms with Gasteiger partial charge in [0.1, 0.15) is 11.5 Å². The van der Waals surface area contributed by atoms with E-state index in [0.29, 0.717) is 57.9 Å². The molecule has 0 aliphatic heterocycles. The van der Waals surface area contributed by atoms with E-state index in [-0.39, 0.29) is 6.03 Å². The Balaban J connectivity index is 1.77. The van der Waals surface area contributed by atoms with Crippen LogP contribution >= 0.6 is 43.5 Å². The molecule has 0 atom stereocenters. The first-order valence-electron chi connectivity index (χ1n) is 10.6. The van der Waals surface area contributed by atoms with Gasteiger partial charge >= 0.3 is 6.03 Å². The first kappa shape index (κ1) is 26.2. The molecular formula is C25H25Br2ClN2O4. The normalized spacial score (nSPS) is 10.5. The van der Waals surface area contributed by atoms with Crippen molar-refractivity contribution in [2.75, 3.05) is 25.6 Å². The SMILES string of the molecule is CCOc1cc(Br)c(NC(=O)N(C)Cc2ccc(Br)cc2Oc2cccc(Cl)c2)cc1OCC. The molecule has 6 nitrogen and oxygen atoms in total. The van der Waals surface area contributed by atoms with E-state index >= 15 is 0 Å². The third-order valence-corrected chi connectivity index (χ3v) is 6.07. The van der Waals surface area contributed by atoms with Crippen molar-refractivity contribution < 1.29 is 19.0 Å². The van der Waals surface area contributed by atoms with Crippen molar-refractivity contribution in [3.05, 3.63) is 74.1 Å². The van der Waals surface area contributed by atoms with Crippen LogP contribution in [0.1, 0.15) is 19.4 Å². The minimum Gasteiger partial charge on any atom is -0.490 e. The average Bonchev–Trinajstić information content (AvgIpc) is 2.79. The van der Waals surface area contributed by atoms with E-state index in [1.165, 1.54) is 0 Å². The molecule has 3 rings (SSSR count). The van der Waals surface area contributed by atoms with Gasteiger partial charge in [-0.1, -0.05) is 39.7 Å². The van der Waals surface area contributed by atoms with E-state index in [4.69, 9.17) is 25.8 Å². The number of hydrogen-bond acceptors (Lipinski definition) is 4. The Morgan fingerprint density at radius 3 is 2.35 bits per heavy atom. The molecule has 2 amide bonds. The monoisotopic (exact) mass is 610 g/mol. The lowest BCUT2D eigenvalue weighted by Gasteiger charge is -2.21. The van der Waals surface area contributed by atoms with Gasteiger partial charge in [-0.2, -0.15) is 0 Å². The number of rotatable bonds is 9. The molecule has 0 saturated heterocycles. The van der Waals surface area contributed by atoms with E-state index in [1.807, 2.05) is 44.2 Å². The van der Waals surface area contributed by atoms with Crippen LogP contribution in [0.15, 0.2) is 63.5 Å². The van der Waals surface area contributed by atoms with Crippen LogP contribution in [0.3, 0.4) is 0 Å². The molecule has 0 aromatic heterocycles. The van der Waals surface area contributed by atoms with Gasteiger partial charge in [0.25, 0.3) is 0 Å². The summed E-state index contributed by atoms with van der Waals surface area (Å²) in [6, 6.07) is 16.1. The van der Waals surface area contributed by atoms with Gasteiger partial charge in [0.05, 0.1) is 25.4 Å². The van der Waals surface area contributed by atoms with Gasteiger partial charge in [0, 0.05) is 38.7 Å². The fourth-order valence-corrected chi connectivity index (χ4v) is 4.06. The topological polar surface area (TPSA) is 60.0 Å². The number of urea groups is 1. The van der Waals surface area contributed by atoms with E-state index in [9.17, 15) is 4.79 Å². The number of ether oxygens (including phenoxy) is 3. The summed E-state index contributed by atoms with van der Waals surface area (Å²) in [5, 5.41) is 3.50. The summed E-state index contributed by atoms with van der Waals surface area (Å²) in [5.41, 5.74) is 1.41. The third-order valence-electron chi connectivity index (χ3n) is 4.68. The predicted octanol–water partition coefficient (Wildman–Crippen LogP) is 8.12. The Morgan fingerprint density at radius 1 is 0.971 bits per heavy atom. The van der Waals surface area contributed by atoms with Crippen LogP contribution in [-0.4, -0.2) is 31.2 Å². The summed E-state index contributed by atoms with van der Waals surface area (Å²) in [6.07, 6.45) is 0. The van der Waals surface area contributed by atoms with Crippen molar-refractivity contribution in [3.8, 4) is 23.0 Å². The van der Waals surface area contributed by atoms with Gasteiger partial charge in [-0.25, -0.2) is 4.79 Å². The number of benzene rings is 3. The number of anilines is 1. The molecule has 34 heavy (non-hydrogen) atoms. The Hall–Kier alpha value is -2.42. The predicted molar refractivity (Wildman–Crippen MR) is 143 cm³/mol. The maximum atomic E-state index is 13.0. The molecular weight excluding hydrogens is 588 g/mol. The maximum absolute atomic E-state index is 13.0. The number of amides is 2. The first-order valence-corrected chi connectivity index (χ1v) is 12.6. The lowest BCUT2D eigenvalue weighted by atomic mass is 10.2. The second kappa shape index (κ2) is 12.3. The molecule has 0 heterocycles. The molecule has 0 spiro atoms. The second-order valence-electron chi connectivity index (χ2n) is 7.24. The zero-order chi connectivity index (χ0) is 24.7. The van der Waals surface area contributed by atoms with Crippen LogP contribution in [-0.2, 0) is 6.54 Å². The number of halogens is 3. The van der Waals surface area contributed by atoms with E-state index < -0.39 is 0 Å². The molecule has 0 fully saturated rings. The minimum absolute atomic E-state index is 0.288. The summed E-state index contributed by atoms with van der Waals surface area (Å²) in [7, 11) is 1.71. The molecule has 0 bridgehead atoms. The quantitative estimate of drug-likeness (QED) is 0.265. The highest BCUT2D eigenvalue weighted by Gasteiger charge is 2.17. The van der Waals surface area contributed by atoms with Gasteiger partial charge in [0.15, 0.2) is 11.5 Å². The zero-order valence-electron chi connectivity index (χ0n) is 19.0. The fraction of sp³-hybridized carbons (Fsp3) is 0.240. The highest BCUT2D eigenvalue weighted by atomic mass is 79.9. The number of carbonyl (C=O) groups is 1. The Kier molecular flexibility index (Phi) is 9.50. The molecule has 1 N–H and O–H groups in total. The lowest BCUT2D eigenvalue weighted by molar-refractivity contribution is 0.220. The molecule has 0 unspecified atom stereocenters. The second-order valence-corrected chi connectivity index (χ2v) is 9.45. The fourth-order valence-electron chi connectivity index (χ4n) is 3.12. The standard InChI is InChI=1S/C25H25Br2ClN2O4/c1-4-32-23-13-20(27)21(14-24(23)33-5-2)29-25(31)30(3)15-16-9-10-17(26)11-22(16)34-19-8-6-7-18(28)12-19/h6-14H,4-5,15H2,1-3H3,(H,29,31). The minimum atomic E-state index is -0.288. The van der Waals surface area contributed by atoms with Crippen molar-refractivity contribution in [3.63, 3.8) is 0 Å². The van der Waals surface area contributed by atoms with Crippen LogP contribution in [0.2, 0.25) is 5.02 Å². The van der Waals surface area contributed by atoms with Crippen LogP contribution in [0.5, 0.6) is 23.0 Å². The largest absolute Gasteiger partial charge is 0.490 e. The van der Waals surface area contributed by atoms with Crippen LogP contribution < -0.4 is 19.5 Å². The third kappa shape index (κ3) is 7.04. The molecule has 0 aliphatic carbocycles. The van der Waals surface area contributed by atoms with Crippen LogP contribution in [0.4, 0.5) is 10.5 Å². The molecule has 0 aliphatic rings.